The van der Waals surface area contributed by atoms with Crippen LogP contribution in [0.15, 0.2) is 59.2 Å². The maximum Gasteiger partial charge on any atom is 0.459 e. The molecule has 0 amide bonds. The lowest BCUT2D eigenvalue weighted by Gasteiger charge is -2.39. The van der Waals surface area contributed by atoms with Crippen LogP contribution in [0.3, 0.4) is 0 Å². The molecule has 226 valence electrons. The molecule has 1 aliphatic rings. The van der Waals surface area contributed by atoms with Gasteiger partial charge in [-0.05, 0) is 63.2 Å². The highest BCUT2D eigenvalue weighted by atomic mass is 31.2. The predicted molar refractivity (Wildman–Crippen MR) is 158 cm³/mol. The molecule has 12 nitrogen and oxygen atoms in total. The summed E-state index contributed by atoms with van der Waals surface area (Å²) in [6, 6.07) is 8.91. The van der Waals surface area contributed by atoms with Gasteiger partial charge in [0.05, 0.1) is 6.10 Å². The fourth-order valence-electron chi connectivity index (χ4n) is 3.54. The Kier molecular flexibility index (Phi) is 10.2. The van der Waals surface area contributed by atoms with Gasteiger partial charge >= 0.3 is 19.4 Å². The first-order chi connectivity index (χ1) is 19.0. The number of nitrogens with one attached hydrogen (secondary N) is 1. The molecule has 14 heteroatoms. The van der Waals surface area contributed by atoms with Gasteiger partial charge in [0.25, 0.3) is 0 Å². The second-order valence-corrected chi connectivity index (χ2v) is 18.0. The molecule has 0 saturated carbocycles. The van der Waals surface area contributed by atoms with Gasteiger partial charge in [-0.1, -0.05) is 39.0 Å². The van der Waals surface area contributed by atoms with E-state index in [1.807, 2.05) is 0 Å². The van der Waals surface area contributed by atoms with Crippen LogP contribution in [0, 0.1) is 0 Å². The van der Waals surface area contributed by atoms with Crippen molar-refractivity contribution in [3.63, 3.8) is 0 Å². The molecule has 0 spiro atoms. The Hall–Kier alpha value is -2.96. The summed E-state index contributed by atoms with van der Waals surface area (Å²) in [5.41, 5.74) is 5.08. The highest BCUT2D eigenvalue weighted by Crippen LogP contribution is 2.46. The van der Waals surface area contributed by atoms with Gasteiger partial charge in [0, 0.05) is 6.20 Å². The van der Waals surface area contributed by atoms with Crippen molar-refractivity contribution < 1.29 is 32.3 Å². The standard InChI is InChI=1S/C27H41N4O8PSi/c1-18(2)36-25(32)19(3)30-40(34,38-20-12-10-9-11-13-20)35-17-21-16-22(39-41(7,8)27(4,5)6)24(37-21)31-15-14-23(28)29-26(31)33/h9-16,18-19,22,24H,17H2,1-8H3,(H,30,34)(H2,28,29,33)/t19-,22+,24+,40-/m0/s1. The molecule has 1 aromatic carbocycles. The quantitative estimate of drug-likeness (QED) is 0.195. The molecule has 0 bridgehead atoms. The minimum Gasteiger partial charge on any atom is -0.469 e. The number of hydrogen-bond donors (Lipinski definition) is 2. The molecule has 0 fully saturated rings. The summed E-state index contributed by atoms with van der Waals surface area (Å²) >= 11 is 0. The van der Waals surface area contributed by atoms with Crippen LogP contribution < -0.4 is 21.0 Å². The van der Waals surface area contributed by atoms with Gasteiger partial charge < -0.3 is 24.2 Å². The van der Waals surface area contributed by atoms with Gasteiger partial charge in [0.15, 0.2) is 8.32 Å². The lowest BCUT2D eigenvalue weighted by molar-refractivity contribution is -0.149. The molecule has 4 atom stereocenters. The number of nitrogens with two attached hydrogens (primary N) is 1. The number of benzene rings is 1. The molecule has 3 N–H and O–H groups in total. The number of ether oxygens (including phenoxy) is 2. The fourth-order valence-corrected chi connectivity index (χ4v) is 6.21. The number of aromatic nitrogens is 2. The Bertz CT molecular complexity index is 1340. The zero-order chi connectivity index (χ0) is 30.6. The molecule has 3 rings (SSSR count). The summed E-state index contributed by atoms with van der Waals surface area (Å²) < 4.78 is 44.6. The highest BCUT2D eigenvalue weighted by Gasteiger charge is 2.44. The average molecular weight is 609 g/mol. The second kappa shape index (κ2) is 12.9. The molecule has 1 aromatic heterocycles. The first-order valence-corrected chi connectivity index (χ1v) is 17.8. The lowest BCUT2D eigenvalue weighted by atomic mass is 10.2. The zero-order valence-electron chi connectivity index (χ0n) is 24.8. The van der Waals surface area contributed by atoms with Gasteiger partial charge in [0.1, 0.15) is 36.1 Å². The normalized spacial score (nSPS) is 19.7. The van der Waals surface area contributed by atoms with E-state index in [0.29, 0.717) is 0 Å². The van der Waals surface area contributed by atoms with Crippen molar-refractivity contribution >= 4 is 27.9 Å². The number of carbonyl (C=O) groups is 1. The summed E-state index contributed by atoms with van der Waals surface area (Å²) in [6.07, 6.45) is 1.25. The van der Waals surface area contributed by atoms with Crippen molar-refractivity contribution in [3.05, 3.63) is 64.9 Å². The lowest BCUT2D eigenvalue weighted by Crippen LogP contribution is -2.46. The molecular formula is C27H41N4O8PSi. The molecule has 0 saturated heterocycles. The minimum atomic E-state index is -4.14. The molecule has 1 aliphatic heterocycles. The smallest absolute Gasteiger partial charge is 0.459 e. The van der Waals surface area contributed by atoms with Crippen molar-refractivity contribution in [2.24, 2.45) is 0 Å². The van der Waals surface area contributed by atoms with Crippen molar-refractivity contribution in [2.75, 3.05) is 12.3 Å². The Morgan fingerprint density at radius 3 is 2.44 bits per heavy atom. The van der Waals surface area contributed by atoms with E-state index < -0.39 is 46.1 Å². The molecule has 0 aliphatic carbocycles. The Balaban J connectivity index is 1.87. The molecule has 0 radical (unpaired) electrons. The van der Waals surface area contributed by atoms with Gasteiger partial charge in [-0.25, -0.2) is 9.36 Å². The van der Waals surface area contributed by atoms with Crippen LogP contribution in [0.1, 0.15) is 47.8 Å². The number of anilines is 1. The van der Waals surface area contributed by atoms with E-state index in [0.717, 1.165) is 0 Å². The van der Waals surface area contributed by atoms with E-state index in [4.69, 9.17) is 28.7 Å². The number of para-hydroxylation sites is 1. The second-order valence-electron chi connectivity index (χ2n) is 11.5. The summed E-state index contributed by atoms with van der Waals surface area (Å²) in [5, 5.41) is 2.52. The van der Waals surface area contributed by atoms with Gasteiger partial charge in [0.2, 0.25) is 6.23 Å². The number of rotatable bonds is 12. The van der Waals surface area contributed by atoms with Crippen LogP contribution in [0.4, 0.5) is 5.82 Å². The summed E-state index contributed by atoms with van der Waals surface area (Å²) in [6.45, 7) is 15.1. The van der Waals surface area contributed by atoms with Crippen LogP contribution in [0.2, 0.25) is 18.1 Å². The summed E-state index contributed by atoms with van der Waals surface area (Å²) in [7, 11) is -6.47. The SMILES string of the molecule is CC(C)OC(=O)[C@H](C)N[P@](=O)(OCC1=C[C@@H](O[Si](C)(C)C(C)(C)C)[C@H](n2ccc(N)nc2=O)O1)Oc1ccccc1. The van der Waals surface area contributed by atoms with Crippen LogP contribution in [-0.4, -0.2) is 48.7 Å². The van der Waals surface area contributed by atoms with Crippen LogP contribution in [0.25, 0.3) is 0 Å². The van der Waals surface area contributed by atoms with Crippen molar-refractivity contribution in [1.29, 1.82) is 0 Å². The average Bonchev–Trinajstić information content (AvgIpc) is 3.24. The molecule has 0 unspecified atom stereocenters. The number of nitrogens with zero attached hydrogens (tertiary/aromatic N) is 2. The molecular weight excluding hydrogens is 567 g/mol. The van der Waals surface area contributed by atoms with E-state index in [-0.39, 0.29) is 35.1 Å². The number of hydrogen-bond acceptors (Lipinski definition) is 10. The Morgan fingerprint density at radius 1 is 1.20 bits per heavy atom. The first kappa shape index (κ1) is 32.6. The predicted octanol–water partition coefficient (Wildman–Crippen LogP) is 4.76. The number of carbonyl (C=O) groups excluding carboxylic acids is 1. The van der Waals surface area contributed by atoms with Crippen LogP contribution in [-0.2, 0) is 27.8 Å². The van der Waals surface area contributed by atoms with Gasteiger partial charge in [-0.3, -0.25) is 13.9 Å². The number of nitrogen functional groups attached to an aromatic ring is 1. The molecule has 2 aromatic rings. The number of esters is 1. The van der Waals surface area contributed by atoms with Crippen molar-refractivity contribution in [3.8, 4) is 5.75 Å². The monoisotopic (exact) mass is 608 g/mol. The van der Waals surface area contributed by atoms with E-state index in [9.17, 15) is 14.2 Å². The topological polar surface area (TPSA) is 153 Å². The van der Waals surface area contributed by atoms with E-state index in [2.05, 4.69) is 43.9 Å². The summed E-state index contributed by atoms with van der Waals surface area (Å²) in [4.78, 5) is 29.0. The third kappa shape index (κ3) is 8.76. The van der Waals surface area contributed by atoms with Crippen LogP contribution >= 0.6 is 7.75 Å². The molecule has 2 heterocycles. The fraction of sp³-hybridized carbons (Fsp3) is 0.519. The largest absolute Gasteiger partial charge is 0.469 e. The molecule has 41 heavy (non-hydrogen) atoms. The highest BCUT2D eigenvalue weighted by molar-refractivity contribution is 7.52. The van der Waals surface area contributed by atoms with E-state index in [1.165, 1.54) is 23.8 Å². The maximum absolute atomic E-state index is 13.9. The summed E-state index contributed by atoms with van der Waals surface area (Å²) in [5.74, 6) is -0.00289. The van der Waals surface area contributed by atoms with Crippen LogP contribution in [0.5, 0.6) is 5.75 Å². The third-order valence-corrected chi connectivity index (χ3v) is 12.8. The first-order valence-electron chi connectivity index (χ1n) is 13.4. The van der Waals surface area contributed by atoms with E-state index in [1.54, 1.807) is 50.3 Å². The van der Waals surface area contributed by atoms with Crippen molar-refractivity contribution in [1.82, 2.24) is 14.6 Å². The minimum absolute atomic E-state index is 0.0813. The Morgan fingerprint density at radius 2 is 1.85 bits per heavy atom. The van der Waals surface area contributed by atoms with Gasteiger partial charge in [-0.15, -0.1) is 0 Å². The van der Waals surface area contributed by atoms with Gasteiger partial charge in [-0.2, -0.15) is 10.1 Å². The van der Waals surface area contributed by atoms with Crippen molar-refractivity contribution in [2.45, 2.75) is 84.2 Å². The third-order valence-electron chi connectivity index (χ3n) is 6.67. The van der Waals surface area contributed by atoms with E-state index >= 15 is 0 Å². The Labute approximate surface area is 241 Å². The zero-order valence-corrected chi connectivity index (χ0v) is 26.7. The maximum atomic E-state index is 13.9.